The van der Waals surface area contributed by atoms with Gasteiger partial charge in [0.15, 0.2) is 6.04 Å². The molecule has 0 saturated carbocycles. The number of amides is 8. The van der Waals surface area contributed by atoms with Crippen LogP contribution in [0.5, 0.6) is 5.75 Å². The van der Waals surface area contributed by atoms with E-state index in [0.717, 1.165) is 6.92 Å². The normalized spacial score (nSPS) is 15.3. The summed E-state index contributed by atoms with van der Waals surface area (Å²) in [5.41, 5.74) is 17.8. The van der Waals surface area contributed by atoms with Crippen molar-refractivity contribution in [2.75, 3.05) is 13.2 Å². The van der Waals surface area contributed by atoms with Crippen molar-refractivity contribution in [1.82, 2.24) is 37.2 Å². The first-order valence-electron chi connectivity index (χ1n) is 22.9. The number of nitrogens with one attached hydrogen (secondary N) is 7. The van der Waals surface area contributed by atoms with Gasteiger partial charge in [-0.25, -0.2) is 4.79 Å². The summed E-state index contributed by atoms with van der Waals surface area (Å²) in [6.07, 6.45) is -2.48. The number of phenolic OH excluding ortho intramolecular Hbond substituents is 1. The minimum Gasteiger partial charge on any atom is -0.508 e. The summed E-state index contributed by atoms with van der Waals surface area (Å²) in [7, 11) is 0. The molecule has 2 rings (SSSR count). The van der Waals surface area contributed by atoms with Crippen LogP contribution in [0.25, 0.3) is 0 Å². The number of primary amides is 1. The third kappa shape index (κ3) is 21.1. The molecule has 0 aliphatic carbocycles. The molecule has 0 radical (unpaired) electrons. The molecule has 10 atom stereocenters. The molecule has 25 heteroatoms. The molecule has 392 valence electrons. The molecule has 0 aromatic heterocycles. The van der Waals surface area contributed by atoms with Crippen LogP contribution in [-0.2, 0) is 60.8 Å². The van der Waals surface area contributed by atoms with Gasteiger partial charge >= 0.3 is 11.9 Å². The molecule has 2 aromatic carbocycles. The van der Waals surface area contributed by atoms with Crippen LogP contribution in [0, 0.1) is 5.92 Å². The first kappa shape index (κ1) is 59.9. The van der Waals surface area contributed by atoms with E-state index in [0.29, 0.717) is 36.9 Å². The molecule has 8 amide bonds. The lowest BCUT2D eigenvalue weighted by Gasteiger charge is -2.29. The molecule has 0 aliphatic rings. The number of aliphatic hydroxyl groups excluding tert-OH is 2. The number of aromatic hydroxyl groups is 1. The predicted octanol–water partition coefficient (Wildman–Crippen LogP) is -3.73. The summed E-state index contributed by atoms with van der Waals surface area (Å²) < 4.78 is 0. The molecule has 0 fully saturated rings. The Kier molecular flexibility index (Phi) is 25.6. The quantitative estimate of drug-likeness (QED) is 0.0313. The van der Waals surface area contributed by atoms with Crippen molar-refractivity contribution in [3.63, 3.8) is 0 Å². The Morgan fingerprint density at radius 2 is 1.07 bits per heavy atom. The minimum absolute atomic E-state index is 0.157. The van der Waals surface area contributed by atoms with Gasteiger partial charge in [-0.1, -0.05) is 69.2 Å². The van der Waals surface area contributed by atoms with E-state index in [1.54, 1.807) is 44.2 Å². The first-order valence-corrected chi connectivity index (χ1v) is 22.9. The van der Waals surface area contributed by atoms with Gasteiger partial charge in [-0.05, 0) is 61.9 Å². The van der Waals surface area contributed by atoms with Crippen LogP contribution < -0.4 is 54.4 Å². The maximum Gasteiger partial charge on any atom is 0.328 e. The van der Waals surface area contributed by atoms with E-state index in [-0.39, 0.29) is 25.0 Å². The van der Waals surface area contributed by atoms with E-state index in [4.69, 9.17) is 17.2 Å². The van der Waals surface area contributed by atoms with Crippen LogP contribution in [0.2, 0.25) is 0 Å². The lowest BCUT2D eigenvalue weighted by molar-refractivity contribution is -0.145. The van der Waals surface area contributed by atoms with Crippen molar-refractivity contribution in [3.05, 3.63) is 65.7 Å². The lowest BCUT2D eigenvalue weighted by Crippen LogP contribution is -2.62. The van der Waals surface area contributed by atoms with Crippen LogP contribution in [0.4, 0.5) is 0 Å². The molecular formula is C46H68N10O15. The average molecular weight is 1000 g/mol. The Morgan fingerprint density at radius 3 is 1.58 bits per heavy atom. The zero-order valence-electron chi connectivity index (χ0n) is 39.8. The van der Waals surface area contributed by atoms with Crippen molar-refractivity contribution in [2.24, 2.45) is 23.1 Å². The summed E-state index contributed by atoms with van der Waals surface area (Å²) in [4.78, 5) is 131. The van der Waals surface area contributed by atoms with Gasteiger partial charge in [-0.3, -0.25) is 43.2 Å². The van der Waals surface area contributed by atoms with E-state index in [1.165, 1.54) is 24.3 Å². The molecule has 0 aliphatic heterocycles. The number of phenols is 1. The van der Waals surface area contributed by atoms with Crippen molar-refractivity contribution in [3.8, 4) is 5.75 Å². The van der Waals surface area contributed by atoms with Gasteiger partial charge in [0.05, 0.1) is 25.2 Å². The van der Waals surface area contributed by atoms with E-state index in [9.17, 15) is 73.5 Å². The van der Waals surface area contributed by atoms with Crippen LogP contribution in [0.1, 0.15) is 76.8 Å². The van der Waals surface area contributed by atoms with Gasteiger partial charge < -0.3 is 80.0 Å². The summed E-state index contributed by atoms with van der Waals surface area (Å²) in [5, 5.41) is 65.6. The smallest absolute Gasteiger partial charge is 0.328 e. The first-order chi connectivity index (χ1) is 33.5. The van der Waals surface area contributed by atoms with Crippen molar-refractivity contribution in [2.45, 2.75) is 133 Å². The van der Waals surface area contributed by atoms with Gasteiger partial charge in [-0.2, -0.15) is 0 Å². The standard InChI is InChI=1S/C46H68N10O15/c1-4-24(2)37(45(69)56-38(25(3)58)46(70)71)55-43(67)32(20-26-10-6-5-7-11-26)51-42(66)33(22-35(49)60)53-41(65)31(21-27-13-15-28(59)16-14-27)52-44(68)34(23-57)54-40(64)30(17-18-36(61)62)50-39(63)29(48)12-8-9-19-47/h5-7,10-11,13-16,24-25,29-34,37-38,57-59H,4,8-9,12,17-23,47-48H2,1-3H3,(H2,49,60)(H,50,63)(H,51,66)(H,52,68)(H,53,65)(H,54,64)(H,55,67)(H,56,69)(H,61,62)(H,70,71)/t24-,25+,29-,30-,31-,32-,33-,34-,37-,38-/m0/s1. The Balaban J connectivity index is 2.48. The third-order valence-electron chi connectivity index (χ3n) is 11.2. The van der Waals surface area contributed by atoms with Crippen molar-refractivity contribution < 1.29 is 73.5 Å². The molecule has 0 heterocycles. The number of carboxylic acid groups (broad SMARTS) is 2. The number of aliphatic carboxylic acids is 2. The SMILES string of the molecule is CC[C@H](C)[C@H](NC(=O)[C@H](Cc1ccccc1)NC(=O)[C@H](CC(N)=O)NC(=O)[C@H](Cc1ccc(O)cc1)NC(=O)[C@H](CO)NC(=O)[C@H](CCC(=O)O)NC(=O)[C@@H](N)CCCCN)C(=O)N[C@H](C(=O)O)[C@@H](C)O. The number of carbonyl (C=O) groups excluding carboxylic acids is 8. The number of hydrogen-bond acceptors (Lipinski definition) is 15. The zero-order chi connectivity index (χ0) is 53.4. The highest BCUT2D eigenvalue weighted by Gasteiger charge is 2.37. The van der Waals surface area contributed by atoms with E-state index >= 15 is 0 Å². The fourth-order valence-corrected chi connectivity index (χ4v) is 6.87. The highest BCUT2D eigenvalue weighted by Crippen LogP contribution is 2.14. The number of nitrogens with two attached hydrogens (primary N) is 3. The second kappa shape index (κ2) is 30.4. The van der Waals surface area contributed by atoms with Crippen LogP contribution in [0.3, 0.4) is 0 Å². The van der Waals surface area contributed by atoms with E-state index < -0.39 is 145 Å². The molecule has 71 heavy (non-hydrogen) atoms. The van der Waals surface area contributed by atoms with Gasteiger partial charge in [0.2, 0.25) is 47.3 Å². The molecule has 25 nitrogen and oxygen atoms in total. The monoisotopic (exact) mass is 1000 g/mol. The Morgan fingerprint density at radius 1 is 0.592 bits per heavy atom. The highest BCUT2D eigenvalue weighted by molar-refractivity contribution is 5.99. The van der Waals surface area contributed by atoms with Crippen LogP contribution in [-0.4, -0.2) is 152 Å². The second-order valence-corrected chi connectivity index (χ2v) is 17.0. The second-order valence-electron chi connectivity index (χ2n) is 17.0. The summed E-state index contributed by atoms with van der Waals surface area (Å²) in [6, 6.07) is 0.930. The van der Waals surface area contributed by atoms with Crippen molar-refractivity contribution >= 4 is 59.2 Å². The topological polar surface area (TPSA) is 434 Å². The number of unbranched alkanes of at least 4 members (excludes halogenated alkanes) is 1. The van der Waals surface area contributed by atoms with Gasteiger partial charge in [0.1, 0.15) is 42.0 Å². The molecule has 2 aromatic rings. The van der Waals surface area contributed by atoms with Gasteiger partial charge in [-0.15, -0.1) is 0 Å². The van der Waals surface area contributed by atoms with E-state index in [1.807, 2.05) is 0 Å². The Bertz CT molecular complexity index is 2130. The molecule has 0 saturated heterocycles. The number of hydrogen-bond donors (Lipinski definition) is 15. The highest BCUT2D eigenvalue weighted by atomic mass is 16.4. The number of rotatable bonds is 32. The molecular weight excluding hydrogens is 933 g/mol. The minimum atomic E-state index is -1.84. The fourth-order valence-electron chi connectivity index (χ4n) is 6.87. The Hall–Kier alpha value is -7.22. The Labute approximate surface area is 409 Å². The fraction of sp³-hybridized carbons (Fsp3) is 0.522. The largest absolute Gasteiger partial charge is 0.508 e. The maximum atomic E-state index is 14.2. The zero-order valence-corrected chi connectivity index (χ0v) is 39.8. The molecule has 18 N–H and O–H groups in total. The van der Waals surface area contributed by atoms with Crippen LogP contribution >= 0.6 is 0 Å². The average Bonchev–Trinajstić information content (AvgIpc) is 3.32. The molecule has 0 spiro atoms. The summed E-state index contributed by atoms with van der Waals surface area (Å²) in [6.45, 7) is 3.71. The number of carboxylic acids is 2. The van der Waals surface area contributed by atoms with Crippen molar-refractivity contribution in [1.29, 1.82) is 0 Å². The number of aliphatic hydroxyl groups is 2. The predicted molar refractivity (Wildman–Crippen MR) is 253 cm³/mol. The number of carbonyl (C=O) groups is 10. The van der Waals surface area contributed by atoms with Gasteiger partial charge in [0.25, 0.3) is 0 Å². The maximum absolute atomic E-state index is 14.2. The van der Waals surface area contributed by atoms with E-state index in [2.05, 4.69) is 37.2 Å². The van der Waals surface area contributed by atoms with Crippen LogP contribution in [0.15, 0.2) is 54.6 Å². The molecule has 0 bridgehead atoms. The summed E-state index contributed by atoms with van der Waals surface area (Å²) in [5.74, 6) is -12.0. The lowest BCUT2D eigenvalue weighted by atomic mass is 9.96. The molecule has 0 unspecified atom stereocenters. The van der Waals surface area contributed by atoms with Gasteiger partial charge in [0, 0.05) is 19.3 Å². The number of benzene rings is 2. The summed E-state index contributed by atoms with van der Waals surface area (Å²) >= 11 is 0. The third-order valence-corrected chi connectivity index (χ3v) is 11.2.